The highest BCUT2D eigenvalue weighted by Gasteiger charge is 2.12. The minimum Gasteiger partial charge on any atom is -0.462 e. The summed E-state index contributed by atoms with van der Waals surface area (Å²) in [6.07, 6.45) is 0. The lowest BCUT2D eigenvalue weighted by Crippen LogP contribution is -2.10. The van der Waals surface area contributed by atoms with Crippen LogP contribution in [0, 0.1) is 5.82 Å². The smallest absolute Gasteiger partial charge is 0.340 e. The summed E-state index contributed by atoms with van der Waals surface area (Å²) in [5.74, 6) is -0.868. The normalized spacial score (nSPS) is 10.2. The Bertz CT molecular complexity index is 646. The highest BCUT2D eigenvalue weighted by Crippen LogP contribution is 2.21. The summed E-state index contributed by atoms with van der Waals surface area (Å²) < 4.78 is 18.8. The zero-order chi connectivity index (χ0) is 15.2. The Hall–Kier alpha value is -2.07. The van der Waals surface area contributed by atoms with Crippen LogP contribution in [0.25, 0.3) is 0 Å². The van der Waals surface area contributed by atoms with Crippen LogP contribution in [0.5, 0.6) is 0 Å². The molecule has 0 aliphatic rings. The quantitative estimate of drug-likeness (QED) is 0.838. The molecule has 5 heteroatoms. The maximum Gasteiger partial charge on any atom is 0.340 e. The Kier molecular flexibility index (Phi) is 5.17. The molecule has 0 atom stereocenters. The van der Waals surface area contributed by atoms with Gasteiger partial charge in [0, 0.05) is 17.8 Å². The third-order valence-corrected chi connectivity index (χ3v) is 3.22. The molecule has 2 rings (SSSR count). The number of para-hydroxylation sites is 1. The average Bonchev–Trinajstić information content (AvgIpc) is 2.49. The predicted molar refractivity (Wildman–Crippen MR) is 81.1 cm³/mol. The Morgan fingerprint density at radius 1 is 1.24 bits per heavy atom. The van der Waals surface area contributed by atoms with Crippen LogP contribution in [0.3, 0.4) is 0 Å². The van der Waals surface area contributed by atoms with Crippen LogP contribution in [0.1, 0.15) is 22.8 Å². The van der Waals surface area contributed by atoms with E-state index in [1.165, 1.54) is 6.07 Å². The van der Waals surface area contributed by atoms with Crippen molar-refractivity contribution in [2.75, 3.05) is 11.9 Å². The molecule has 0 amide bonds. The first-order valence-electron chi connectivity index (χ1n) is 6.56. The van der Waals surface area contributed by atoms with Crippen LogP contribution < -0.4 is 5.32 Å². The van der Waals surface area contributed by atoms with Gasteiger partial charge in [-0.1, -0.05) is 35.9 Å². The second-order valence-electron chi connectivity index (χ2n) is 4.33. The number of carbonyl (C=O) groups excluding carboxylic acids is 1. The van der Waals surface area contributed by atoms with Crippen molar-refractivity contribution in [1.82, 2.24) is 0 Å². The summed E-state index contributed by atoms with van der Waals surface area (Å²) in [4.78, 5) is 11.8. The lowest BCUT2D eigenvalue weighted by molar-refractivity contribution is 0.0527. The van der Waals surface area contributed by atoms with E-state index in [0.29, 0.717) is 23.4 Å². The van der Waals surface area contributed by atoms with Gasteiger partial charge in [0.05, 0.1) is 17.2 Å². The Balaban J connectivity index is 2.17. The van der Waals surface area contributed by atoms with Gasteiger partial charge < -0.3 is 10.1 Å². The van der Waals surface area contributed by atoms with Crippen LogP contribution in [-0.4, -0.2) is 12.6 Å². The minimum absolute atomic E-state index is 0.0768. The van der Waals surface area contributed by atoms with Crippen LogP contribution >= 0.6 is 11.6 Å². The maximum atomic E-state index is 13.8. The molecule has 0 saturated carbocycles. The fourth-order valence-electron chi connectivity index (χ4n) is 1.90. The lowest BCUT2D eigenvalue weighted by Gasteiger charge is -2.12. The molecular formula is C16H15ClFNO2. The van der Waals surface area contributed by atoms with Crippen molar-refractivity contribution in [3.05, 3.63) is 64.4 Å². The van der Waals surface area contributed by atoms with Crippen LogP contribution in [-0.2, 0) is 11.3 Å². The van der Waals surface area contributed by atoms with Crippen molar-refractivity contribution in [3.63, 3.8) is 0 Å². The summed E-state index contributed by atoms with van der Waals surface area (Å²) in [5, 5.41) is 3.11. The van der Waals surface area contributed by atoms with E-state index in [-0.39, 0.29) is 11.6 Å². The van der Waals surface area contributed by atoms with E-state index in [2.05, 4.69) is 5.32 Å². The van der Waals surface area contributed by atoms with Crippen LogP contribution in [0.4, 0.5) is 10.1 Å². The second-order valence-corrected chi connectivity index (χ2v) is 4.74. The van der Waals surface area contributed by atoms with Gasteiger partial charge >= 0.3 is 5.97 Å². The number of hydrogen-bond acceptors (Lipinski definition) is 3. The molecule has 2 aromatic carbocycles. The van der Waals surface area contributed by atoms with Gasteiger partial charge in [-0.15, -0.1) is 0 Å². The topological polar surface area (TPSA) is 38.3 Å². The first-order valence-corrected chi connectivity index (χ1v) is 6.94. The lowest BCUT2D eigenvalue weighted by atomic mass is 10.1. The fraction of sp³-hybridized carbons (Fsp3) is 0.188. The molecule has 0 aromatic heterocycles. The van der Waals surface area contributed by atoms with Crippen molar-refractivity contribution in [2.24, 2.45) is 0 Å². The van der Waals surface area contributed by atoms with Gasteiger partial charge in [-0.25, -0.2) is 9.18 Å². The van der Waals surface area contributed by atoms with Crippen molar-refractivity contribution < 1.29 is 13.9 Å². The summed E-state index contributed by atoms with van der Waals surface area (Å²) in [6, 6.07) is 11.8. The number of halogens is 2. The molecular weight excluding hydrogens is 293 g/mol. The molecule has 0 aliphatic carbocycles. The second kappa shape index (κ2) is 7.09. The van der Waals surface area contributed by atoms with Crippen molar-refractivity contribution in [1.29, 1.82) is 0 Å². The number of benzene rings is 2. The SMILES string of the molecule is CCOC(=O)c1ccccc1NCc1cccc(Cl)c1F. The molecule has 0 heterocycles. The van der Waals surface area contributed by atoms with Gasteiger partial charge in [0.1, 0.15) is 5.82 Å². The van der Waals surface area contributed by atoms with Gasteiger partial charge in [0.25, 0.3) is 0 Å². The minimum atomic E-state index is -0.458. The summed E-state index contributed by atoms with van der Waals surface area (Å²) in [7, 11) is 0. The third-order valence-electron chi connectivity index (χ3n) is 2.92. The summed E-state index contributed by atoms with van der Waals surface area (Å²) >= 11 is 5.74. The van der Waals surface area contributed by atoms with Gasteiger partial charge in [-0.3, -0.25) is 0 Å². The van der Waals surface area contributed by atoms with Crippen molar-refractivity contribution in [2.45, 2.75) is 13.5 Å². The number of carbonyl (C=O) groups is 1. The number of esters is 1. The molecule has 0 fully saturated rings. The molecule has 0 saturated heterocycles. The first-order chi connectivity index (χ1) is 10.1. The molecule has 21 heavy (non-hydrogen) atoms. The molecule has 0 aliphatic heterocycles. The standard InChI is InChI=1S/C16H15ClFNO2/c1-2-21-16(20)12-7-3-4-9-14(12)19-10-11-6-5-8-13(17)15(11)18/h3-9,19H,2,10H2,1H3. The van der Waals surface area contributed by atoms with E-state index in [1.807, 2.05) is 0 Å². The monoisotopic (exact) mass is 307 g/mol. The zero-order valence-electron chi connectivity index (χ0n) is 11.5. The largest absolute Gasteiger partial charge is 0.462 e. The number of nitrogens with one attached hydrogen (secondary N) is 1. The summed E-state index contributed by atoms with van der Waals surface area (Å²) in [6.45, 7) is 2.27. The first kappa shape index (κ1) is 15.3. The third kappa shape index (κ3) is 3.73. The zero-order valence-corrected chi connectivity index (χ0v) is 12.3. The van der Waals surface area contributed by atoms with E-state index in [0.717, 1.165) is 0 Å². The molecule has 2 aromatic rings. The fourth-order valence-corrected chi connectivity index (χ4v) is 2.09. The summed E-state index contributed by atoms with van der Waals surface area (Å²) in [5.41, 5.74) is 1.44. The van der Waals surface area contributed by atoms with Crippen molar-refractivity contribution in [3.8, 4) is 0 Å². The number of hydrogen-bond donors (Lipinski definition) is 1. The van der Waals surface area contributed by atoms with E-state index in [1.54, 1.807) is 43.3 Å². The van der Waals surface area contributed by atoms with Gasteiger partial charge in [-0.05, 0) is 25.1 Å². The Labute approximate surface area is 127 Å². The van der Waals surface area contributed by atoms with Crippen LogP contribution in [0.15, 0.2) is 42.5 Å². The number of ether oxygens (including phenoxy) is 1. The Morgan fingerprint density at radius 3 is 2.76 bits per heavy atom. The predicted octanol–water partition coefficient (Wildman–Crippen LogP) is 4.27. The van der Waals surface area contributed by atoms with Crippen LogP contribution in [0.2, 0.25) is 5.02 Å². The van der Waals surface area contributed by atoms with E-state index in [4.69, 9.17) is 16.3 Å². The van der Waals surface area contributed by atoms with E-state index >= 15 is 0 Å². The van der Waals surface area contributed by atoms with Gasteiger partial charge in [0.15, 0.2) is 0 Å². The molecule has 110 valence electrons. The van der Waals surface area contributed by atoms with Gasteiger partial charge in [0.2, 0.25) is 0 Å². The highest BCUT2D eigenvalue weighted by atomic mass is 35.5. The molecule has 3 nitrogen and oxygen atoms in total. The number of anilines is 1. The molecule has 0 spiro atoms. The maximum absolute atomic E-state index is 13.8. The molecule has 1 N–H and O–H groups in total. The van der Waals surface area contributed by atoms with E-state index < -0.39 is 11.8 Å². The average molecular weight is 308 g/mol. The highest BCUT2D eigenvalue weighted by molar-refractivity contribution is 6.30. The van der Waals surface area contributed by atoms with Crippen molar-refractivity contribution >= 4 is 23.3 Å². The van der Waals surface area contributed by atoms with E-state index in [9.17, 15) is 9.18 Å². The Morgan fingerprint density at radius 2 is 2.00 bits per heavy atom. The molecule has 0 radical (unpaired) electrons. The molecule has 0 bridgehead atoms. The molecule has 0 unspecified atom stereocenters. The van der Waals surface area contributed by atoms with Gasteiger partial charge in [-0.2, -0.15) is 0 Å². The number of rotatable bonds is 5.